The van der Waals surface area contributed by atoms with Crippen LogP contribution >= 0.6 is 11.3 Å². The van der Waals surface area contributed by atoms with E-state index in [0.717, 1.165) is 16.4 Å². The first-order valence-corrected chi connectivity index (χ1v) is 5.75. The second-order valence-electron chi connectivity index (χ2n) is 3.38. The van der Waals surface area contributed by atoms with E-state index in [1.54, 1.807) is 25.1 Å². The van der Waals surface area contributed by atoms with Crippen LogP contribution in [0.5, 0.6) is 0 Å². The molecule has 3 nitrogen and oxygen atoms in total. The van der Waals surface area contributed by atoms with Crippen LogP contribution in [-0.2, 0) is 25.2 Å². The van der Waals surface area contributed by atoms with Crippen molar-refractivity contribution >= 4 is 22.2 Å². The number of benzene rings is 1. The Morgan fingerprint density at radius 2 is 2.24 bits per heavy atom. The van der Waals surface area contributed by atoms with Gasteiger partial charge in [-0.3, -0.25) is 0 Å². The van der Waals surface area contributed by atoms with E-state index in [0.29, 0.717) is 0 Å². The van der Waals surface area contributed by atoms with Crippen molar-refractivity contribution in [2.45, 2.75) is 6.92 Å². The van der Waals surface area contributed by atoms with Gasteiger partial charge in [-0.25, -0.2) is 4.98 Å². The Bertz CT molecular complexity index is 473. The number of anilines is 2. The van der Waals surface area contributed by atoms with Crippen LogP contribution in [0, 0.1) is 13.5 Å². The van der Waals surface area contributed by atoms with Crippen LogP contribution in [0.2, 0.25) is 0 Å². The van der Waals surface area contributed by atoms with E-state index in [9.17, 15) is 0 Å². The molecule has 0 unspecified atom stereocenters. The van der Waals surface area contributed by atoms with Gasteiger partial charge in [0.2, 0.25) is 0 Å². The number of aryl methyl sites for hydroxylation is 1. The van der Waals surface area contributed by atoms with Crippen molar-refractivity contribution in [2.24, 2.45) is 0 Å². The summed E-state index contributed by atoms with van der Waals surface area (Å²) in [6, 6.07) is 7.99. The summed E-state index contributed by atoms with van der Waals surface area (Å²) >= 11 is 1.64. The van der Waals surface area contributed by atoms with Crippen LogP contribution in [0.1, 0.15) is 10.4 Å². The van der Waals surface area contributed by atoms with Gasteiger partial charge in [-0.15, -0.1) is 23.5 Å². The van der Waals surface area contributed by atoms with Gasteiger partial charge in [-0.1, -0.05) is 12.7 Å². The molecule has 1 aromatic carbocycles. The molecule has 2 rings (SSSR count). The van der Waals surface area contributed by atoms with E-state index >= 15 is 0 Å². The van der Waals surface area contributed by atoms with E-state index in [1.807, 2.05) is 37.4 Å². The fourth-order valence-corrected chi connectivity index (χ4v) is 2.05. The predicted octanol–water partition coefficient (Wildman–Crippen LogP) is 3.35. The Balaban J connectivity index is 0.00000144. The first-order chi connectivity index (χ1) is 7.78. The first-order valence-electron chi connectivity index (χ1n) is 4.93. The fourth-order valence-electron chi connectivity index (χ4n) is 1.36. The molecule has 2 aromatic rings. The maximum absolute atomic E-state index is 4.97. The van der Waals surface area contributed by atoms with Gasteiger partial charge >= 0.3 is 0 Å². The zero-order valence-corrected chi connectivity index (χ0v) is 13.1. The van der Waals surface area contributed by atoms with Gasteiger partial charge in [-0.05, 0) is 12.6 Å². The number of methoxy groups -OCH3 is 1. The SMILES string of the molecule is CO[CH-]c1cccc(Nc2ncc(C)s2)c1.[Re]. The van der Waals surface area contributed by atoms with E-state index in [2.05, 4.69) is 10.3 Å². The Labute approximate surface area is 119 Å². The van der Waals surface area contributed by atoms with Crippen molar-refractivity contribution in [1.82, 2.24) is 4.98 Å². The third-order valence-corrected chi connectivity index (χ3v) is 2.84. The standard InChI is InChI=1S/C12H13N2OS.Re/c1-9-7-13-12(16-9)14-11-5-3-4-10(6-11)8-15-2;/h3-8H,1-2H3,(H,13,14);/q-1;. The van der Waals surface area contributed by atoms with Gasteiger partial charge in [0, 0.05) is 38.6 Å². The molecular weight excluding hydrogens is 406 g/mol. The molecule has 0 amide bonds. The molecule has 1 radical (unpaired) electrons. The molecule has 1 N–H and O–H groups in total. The average molecular weight is 420 g/mol. The van der Waals surface area contributed by atoms with Gasteiger partial charge in [0.05, 0.1) is 0 Å². The maximum atomic E-state index is 4.97. The number of nitrogens with one attached hydrogen (secondary N) is 1. The number of hydrogen-bond acceptors (Lipinski definition) is 4. The smallest absolute Gasteiger partial charge is 0.186 e. The molecule has 0 fully saturated rings. The normalized spacial score (nSPS) is 9.53. The average Bonchev–Trinajstić information content (AvgIpc) is 2.65. The van der Waals surface area contributed by atoms with E-state index in [4.69, 9.17) is 4.74 Å². The number of thiazole rings is 1. The molecule has 0 saturated carbocycles. The van der Waals surface area contributed by atoms with Crippen molar-refractivity contribution in [1.29, 1.82) is 0 Å². The van der Waals surface area contributed by atoms with Crippen LogP contribution in [-0.4, -0.2) is 12.1 Å². The van der Waals surface area contributed by atoms with Gasteiger partial charge in [-0.2, -0.15) is 11.6 Å². The van der Waals surface area contributed by atoms with Gasteiger partial charge in [0.15, 0.2) is 5.13 Å². The Morgan fingerprint density at radius 1 is 1.41 bits per heavy atom. The van der Waals surface area contributed by atoms with Gasteiger partial charge in [0.1, 0.15) is 0 Å². The molecule has 1 heterocycles. The topological polar surface area (TPSA) is 34.1 Å². The molecule has 0 aliphatic rings. The number of rotatable bonds is 4. The van der Waals surface area contributed by atoms with E-state index in [-0.39, 0.29) is 20.4 Å². The quantitative estimate of drug-likeness (QED) is 0.772. The van der Waals surface area contributed by atoms with Crippen molar-refractivity contribution in [2.75, 3.05) is 12.4 Å². The summed E-state index contributed by atoms with van der Waals surface area (Å²) in [7, 11) is 1.64. The summed E-state index contributed by atoms with van der Waals surface area (Å²) in [5.41, 5.74) is 2.04. The summed E-state index contributed by atoms with van der Waals surface area (Å²) in [5.74, 6) is 0. The Kier molecular flexibility index (Phi) is 5.66. The van der Waals surface area contributed by atoms with Crippen molar-refractivity contribution < 1.29 is 25.2 Å². The molecule has 0 bridgehead atoms. The minimum absolute atomic E-state index is 0. The number of nitrogens with zero attached hydrogens (tertiary/aromatic N) is 1. The summed E-state index contributed by atoms with van der Waals surface area (Å²) in [5, 5.41) is 4.16. The van der Waals surface area contributed by atoms with Crippen molar-refractivity contribution in [3.63, 3.8) is 0 Å². The van der Waals surface area contributed by atoms with Crippen molar-refractivity contribution in [3.05, 3.63) is 47.5 Å². The molecule has 0 spiro atoms. The van der Waals surface area contributed by atoms with Crippen LogP contribution < -0.4 is 5.32 Å². The number of ether oxygens (including phenoxy) is 1. The molecule has 17 heavy (non-hydrogen) atoms. The first kappa shape index (κ1) is 14.2. The van der Waals surface area contributed by atoms with Crippen LogP contribution in [0.25, 0.3) is 0 Å². The summed E-state index contributed by atoms with van der Waals surface area (Å²) < 4.78 is 4.97. The zero-order valence-electron chi connectivity index (χ0n) is 9.61. The van der Waals surface area contributed by atoms with Crippen LogP contribution in [0.15, 0.2) is 30.5 Å². The van der Waals surface area contributed by atoms with Crippen LogP contribution in [0.4, 0.5) is 10.8 Å². The third kappa shape index (κ3) is 4.14. The monoisotopic (exact) mass is 420 g/mol. The summed E-state index contributed by atoms with van der Waals surface area (Å²) in [4.78, 5) is 5.45. The number of aromatic nitrogens is 1. The van der Waals surface area contributed by atoms with E-state index < -0.39 is 0 Å². The van der Waals surface area contributed by atoms with Crippen molar-refractivity contribution in [3.8, 4) is 0 Å². The summed E-state index contributed by atoms with van der Waals surface area (Å²) in [6.07, 6.45) is 1.86. The molecule has 0 atom stereocenters. The van der Waals surface area contributed by atoms with Gasteiger partial charge in [0.25, 0.3) is 0 Å². The van der Waals surface area contributed by atoms with E-state index in [1.165, 1.54) is 4.88 Å². The van der Waals surface area contributed by atoms with Gasteiger partial charge < -0.3 is 10.1 Å². The predicted molar refractivity (Wildman–Crippen MR) is 67.0 cm³/mol. The molecule has 0 aliphatic heterocycles. The molecule has 0 aliphatic carbocycles. The zero-order chi connectivity index (χ0) is 11.4. The molecule has 91 valence electrons. The minimum Gasteiger partial charge on any atom is -0.417 e. The Hall–Kier alpha value is -0.858. The maximum Gasteiger partial charge on any atom is 0.186 e. The summed E-state index contributed by atoms with van der Waals surface area (Å²) in [6.45, 7) is 3.75. The molecule has 0 saturated heterocycles. The molecule has 1 aromatic heterocycles. The Morgan fingerprint density at radius 3 is 2.88 bits per heavy atom. The second-order valence-corrected chi connectivity index (χ2v) is 4.61. The largest absolute Gasteiger partial charge is 0.417 e. The number of hydrogen-bond donors (Lipinski definition) is 1. The second kappa shape index (κ2) is 6.78. The third-order valence-electron chi connectivity index (χ3n) is 2.01. The molecular formula is C12H13N2OReS-. The minimum atomic E-state index is 0. The van der Waals surface area contributed by atoms with Crippen LogP contribution in [0.3, 0.4) is 0 Å². The fraction of sp³-hybridized carbons (Fsp3) is 0.167. The molecule has 5 heteroatoms.